The predicted octanol–water partition coefficient (Wildman–Crippen LogP) is 2.46. The van der Waals surface area contributed by atoms with Crippen molar-refractivity contribution in [1.82, 2.24) is 4.98 Å². The number of aromatic nitrogens is 1. The van der Waals surface area contributed by atoms with Crippen molar-refractivity contribution in [1.29, 1.82) is 0 Å². The van der Waals surface area contributed by atoms with Crippen LogP contribution in [0.4, 0.5) is 0 Å². The van der Waals surface area contributed by atoms with Crippen LogP contribution >= 0.6 is 0 Å². The number of fused-ring (bicyclic) bond motifs is 1. The van der Waals surface area contributed by atoms with Crippen LogP contribution in [0.2, 0.25) is 0 Å². The maximum absolute atomic E-state index is 9.96. The topological polar surface area (TPSA) is 45.2 Å². The Morgan fingerprint density at radius 1 is 1.31 bits per heavy atom. The highest BCUT2D eigenvalue weighted by Crippen LogP contribution is 2.33. The molecule has 16 heavy (non-hydrogen) atoms. The van der Waals surface area contributed by atoms with E-state index in [1.165, 1.54) is 0 Å². The van der Waals surface area contributed by atoms with Gasteiger partial charge in [0.15, 0.2) is 0 Å². The second-order valence-corrected chi connectivity index (χ2v) is 4.56. The normalized spacial score (nSPS) is 18.3. The zero-order valence-electron chi connectivity index (χ0n) is 9.07. The minimum Gasteiger partial charge on any atom is -0.490 e. The summed E-state index contributed by atoms with van der Waals surface area (Å²) in [5, 5.41) is 11.0. The molecule has 2 aromatic rings. The Kier molecular flexibility index (Phi) is 2.14. The summed E-state index contributed by atoms with van der Waals surface area (Å²) in [5.41, 5.74) is 0.483. The number of aromatic amines is 1. The fourth-order valence-electron chi connectivity index (χ4n) is 2.12. The fraction of sp³-hybridized carbons (Fsp3) is 0.385. The summed E-state index contributed by atoms with van der Waals surface area (Å²) in [4.78, 5) is 3.14. The summed E-state index contributed by atoms with van der Waals surface area (Å²) in [6, 6.07) is 7.91. The summed E-state index contributed by atoms with van der Waals surface area (Å²) in [5.74, 6) is 0.846. The van der Waals surface area contributed by atoms with Gasteiger partial charge in [-0.15, -0.1) is 0 Å². The lowest BCUT2D eigenvalue weighted by Crippen LogP contribution is -2.42. The molecule has 2 N–H and O–H groups in total. The first-order valence-corrected chi connectivity index (χ1v) is 5.68. The molecule has 0 saturated heterocycles. The van der Waals surface area contributed by atoms with E-state index in [1.54, 1.807) is 0 Å². The van der Waals surface area contributed by atoms with Crippen LogP contribution in [0.15, 0.2) is 30.5 Å². The van der Waals surface area contributed by atoms with Crippen molar-refractivity contribution >= 4 is 10.9 Å². The predicted molar refractivity (Wildman–Crippen MR) is 62.6 cm³/mol. The van der Waals surface area contributed by atoms with Gasteiger partial charge in [-0.1, -0.05) is 6.07 Å². The molecule has 1 aliphatic carbocycles. The van der Waals surface area contributed by atoms with Crippen molar-refractivity contribution in [3.8, 4) is 5.75 Å². The van der Waals surface area contributed by atoms with Crippen molar-refractivity contribution in [3.63, 3.8) is 0 Å². The molecule has 1 fully saturated rings. The van der Waals surface area contributed by atoms with Crippen LogP contribution in [0.5, 0.6) is 5.75 Å². The van der Waals surface area contributed by atoms with Crippen LogP contribution < -0.4 is 4.74 Å². The van der Waals surface area contributed by atoms with Crippen LogP contribution in [0.1, 0.15) is 19.3 Å². The lowest BCUT2D eigenvalue weighted by molar-refractivity contribution is -0.0660. The Balaban J connectivity index is 1.81. The molecule has 0 amide bonds. The molecule has 0 spiro atoms. The SMILES string of the molecule is OC1(COc2cccc3[nH]ccc23)CCC1. The van der Waals surface area contributed by atoms with Crippen molar-refractivity contribution in [2.24, 2.45) is 0 Å². The van der Waals surface area contributed by atoms with E-state index < -0.39 is 5.60 Å². The molecule has 1 aliphatic rings. The van der Waals surface area contributed by atoms with Gasteiger partial charge in [-0.2, -0.15) is 0 Å². The van der Waals surface area contributed by atoms with Gasteiger partial charge in [0.1, 0.15) is 12.4 Å². The Bertz CT molecular complexity index is 499. The molecular weight excluding hydrogens is 202 g/mol. The summed E-state index contributed by atoms with van der Waals surface area (Å²) < 4.78 is 5.71. The molecular formula is C13H15NO2. The molecule has 0 unspecified atom stereocenters. The monoisotopic (exact) mass is 217 g/mol. The molecule has 1 saturated carbocycles. The quantitative estimate of drug-likeness (QED) is 0.829. The van der Waals surface area contributed by atoms with Crippen LogP contribution in [-0.4, -0.2) is 22.3 Å². The third-order valence-electron chi connectivity index (χ3n) is 3.34. The van der Waals surface area contributed by atoms with E-state index >= 15 is 0 Å². The van der Waals surface area contributed by atoms with Crippen LogP contribution in [0, 0.1) is 0 Å². The molecule has 0 radical (unpaired) electrons. The highest BCUT2D eigenvalue weighted by Gasteiger charge is 2.35. The van der Waals surface area contributed by atoms with Crippen LogP contribution in [0.3, 0.4) is 0 Å². The third kappa shape index (κ3) is 1.57. The zero-order valence-corrected chi connectivity index (χ0v) is 9.07. The van der Waals surface area contributed by atoms with Gasteiger partial charge in [0.2, 0.25) is 0 Å². The maximum atomic E-state index is 9.96. The van der Waals surface area contributed by atoms with Gasteiger partial charge >= 0.3 is 0 Å². The second kappa shape index (κ2) is 3.52. The highest BCUT2D eigenvalue weighted by atomic mass is 16.5. The molecule has 3 nitrogen and oxygen atoms in total. The number of hydrogen-bond donors (Lipinski definition) is 2. The number of nitrogens with one attached hydrogen (secondary N) is 1. The molecule has 84 valence electrons. The van der Waals surface area contributed by atoms with Gasteiger partial charge < -0.3 is 14.8 Å². The van der Waals surface area contributed by atoms with E-state index in [1.807, 2.05) is 30.5 Å². The molecule has 1 heterocycles. The third-order valence-corrected chi connectivity index (χ3v) is 3.34. The van der Waals surface area contributed by atoms with E-state index in [0.717, 1.165) is 35.9 Å². The van der Waals surface area contributed by atoms with Gasteiger partial charge in [0, 0.05) is 17.1 Å². The van der Waals surface area contributed by atoms with Crippen molar-refractivity contribution in [2.75, 3.05) is 6.61 Å². The van der Waals surface area contributed by atoms with E-state index in [-0.39, 0.29) is 0 Å². The number of H-pyrrole nitrogens is 1. The van der Waals surface area contributed by atoms with Gasteiger partial charge in [-0.05, 0) is 37.5 Å². The minimum atomic E-state index is -0.585. The zero-order chi connectivity index (χ0) is 11.0. The number of hydrogen-bond acceptors (Lipinski definition) is 2. The minimum absolute atomic E-state index is 0.400. The van der Waals surface area contributed by atoms with E-state index in [0.29, 0.717) is 6.61 Å². The summed E-state index contributed by atoms with van der Waals surface area (Å²) in [6.45, 7) is 0.400. The largest absolute Gasteiger partial charge is 0.490 e. The Morgan fingerprint density at radius 2 is 2.19 bits per heavy atom. The number of ether oxygens (including phenoxy) is 1. The van der Waals surface area contributed by atoms with Gasteiger partial charge in [-0.3, -0.25) is 0 Å². The van der Waals surface area contributed by atoms with Crippen molar-refractivity contribution in [2.45, 2.75) is 24.9 Å². The van der Waals surface area contributed by atoms with Crippen LogP contribution in [0.25, 0.3) is 10.9 Å². The summed E-state index contributed by atoms with van der Waals surface area (Å²) in [7, 11) is 0. The smallest absolute Gasteiger partial charge is 0.128 e. The fourth-order valence-corrected chi connectivity index (χ4v) is 2.12. The molecule has 1 aromatic heterocycles. The lowest BCUT2D eigenvalue weighted by Gasteiger charge is -2.36. The molecule has 1 aromatic carbocycles. The number of aliphatic hydroxyl groups is 1. The van der Waals surface area contributed by atoms with E-state index in [2.05, 4.69) is 4.98 Å². The standard InChI is InChI=1S/C13H15NO2/c15-13(6-2-7-13)9-16-12-4-1-3-11-10(12)5-8-14-11/h1,3-5,8,14-15H,2,6-7,9H2. The van der Waals surface area contributed by atoms with Gasteiger partial charge in [0.25, 0.3) is 0 Å². The number of benzene rings is 1. The van der Waals surface area contributed by atoms with Crippen LogP contribution in [-0.2, 0) is 0 Å². The Hall–Kier alpha value is -1.48. The molecule has 0 bridgehead atoms. The first-order valence-electron chi connectivity index (χ1n) is 5.68. The Labute approximate surface area is 94.0 Å². The molecule has 3 rings (SSSR count). The lowest BCUT2D eigenvalue weighted by atomic mass is 9.81. The number of rotatable bonds is 3. The van der Waals surface area contributed by atoms with Crippen molar-refractivity contribution < 1.29 is 9.84 Å². The highest BCUT2D eigenvalue weighted by molar-refractivity contribution is 5.85. The second-order valence-electron chi connectivity index (χ2n) is 4.56. The summed E-state index contributed by atoms with van der Waals surface area (Å²) >= 11 is 0. The molecule has 0 atom stereocenters. The first kappa shape index (κ1) is 9.73. The van der Waals surface area contributed by atoms with Crippen molar-refractivity contribution in [3.05, 3.63) is 30.5 Å². The van der Waals surface area contributed by atoms with E-state index in [9.17, 15) is 5.11 Å². The average Bonchev–Trinajstić information content (AvgIpc) is 2.72. The van der Waals surface area contributed by atoms with E-state index in [4.69, 9.17) is 4.74 Å². The van der Waals surface area contributed by atoms with Gasteiger partial charge in [0.05, 0.1) is 5.60 Å². The molecule has 3 heteroatoms. The summed E-state index contributed by atoms with van der Waals surface area (Å²) in [6.07, 6.45) is 4.72. The first-order chi connectivity index (χ1) is 7.77. The average molecular weight is 217 g/mol. The Morgan fingerprint density at radius 3 is 2.94 bits per heavy atom. The molecule has 0 aliphatic heterocycles. The van der Waals surface area contributed by atoms with Gasteiger partial charge in [-0.25, -0.2) is 0 Å². The maximum Gasteiger partial charge on any atom is 0.128 e.